The van der Waals surface area contributed by atoms with Crippen LogP contribution in [0.5, 0.6) is 11.8 Å². The number of aliphatic hydroxyl groups is 1. The van der Waals surface area contributed by atoms with Crippen LogP contribution >= 0.6 is 0 Å². The van der Waals surface area contributed by atoms with E-state index in [0.717, 1.165) is 19.2 Å². The number of methoxy groups -OCH3 is 2. The van der Waals surface area contributed by atoms with Gasteiger partial charge < -0.3 is 19.3 Å². The van der Waals surface area contributed by atoms with Crippen LogP contribution in [-0.2, 0) is 19.6 Å². The van der Waals surface area contributed by atoms with E-state index >= 15 is 0 Å². The normalized spacial score (nSPS) is 12.9. The molecule has 0 fully saturated rings. The number of esters is 1. The molecule has 0 spiro atoms. The second-order valence-corrected chi connectivity index (χ2v) is 7.64. The Bertz CT molecular complexity index is 1060. The quantitative estimate of drug-likeness (QED) is 0.427. The molecule has 2 aromatic heterocycles. The number of sulfonamides is 1. The Balaban J connectivity index is 2.22. The van der Waals surface area contributed by atoms with E-state index in [1.807, 2.05) is 0 Å². The number of hydrogen-bond donors (Lipinski definition) is 3. The van der Waals surface area contributed by atoms with Crippen LogP contribution in [0.4, 0.5) is 15.1 Å². The van der Waals surface area contributed by atoms with Gasteiger partial charge in [0.05, 0.1) is 26.0 Å². The van der Waals surface area contributed by atoms with Gasteiger partial charge in [-0.15, -0.1) is 0 Å². The molecule has 2 amide bonds. The van der Waals surface area contributed by atoms with Crippen molar-refractivity contribution in [2.75, 3.05) is 26.1 Å². The standard InChI is InChI=1S/C17H20FN5O8S/c1-9(24)31-8-10(18)15(25)14-11(5-4-6-19-14)32(27,28)23-17(26)22-16-20-12(29-2)7-13(21-16)30-3/h4-7,10,15,25H,8H2,1-3H3,(H2,20,21,22,23,26). The first-order valence-corrected chi connectivity index (χ1v) is 10.3. The lowest BCUT2D eigenvalue weighted by Crippen LogP contribution is -2.36. The molecule has 174 valence electrons. The van der Waals surface area contributed by atoms with Gasteiger partial charge in [-0.05, 0) is 12.1 Å². The lowest BCUT2D eigenvalue weighted by molar-refractivity contribution is -0.144. The summed E-state index contributed by atoms with van der Waals surface area (Å²) in [4.78, 5) is 33.7. The van der Waals surface area contributed by atoms with E-state index in [2.05, 4.69) is 25.0 Å². The van der Waals surface area contributed by atoms with Crippen molar-refractivity contribution in [2.24, 2.45) is 0 Å². The lowest BCUT2D eigenvalue weighted by atomic mass is 10.1. The Morgan fingerprint density at radius 1 is 1.22 bits per heavy atom. The largest absolute Gasteiger partial charge is 0.481 e. The van der Waals surface area contributed by atoms with E-state index in [4.69, 9.17) is 9.47 Å². The van der Waals surface area contributed by atoms with Crippen LogP contribution < -0.4 is 19.5 Å². The molecule has 2 heterocycles. The summed E-state index contributed by atoms with van der Waals surface area (Å²) in [7, 11) is -2.01. The summed E-state index contributed by atoms with van der Waals surface area (Å²) >= 11 is 0. The van der Waals surface area contributed by atoms with Crippen molar-refractivity contribution in [2.45, 2.75) is 24.1 Å². The summed E-state index contributed by atoms with van der Waals surface area (Å²) in [6, 6.07) is 2.27. The summed E-state index contributed by atoms with van der Waals surface area (Å²) in [6.07, 6.45) is -3.11. The van der Waals surface area contributed by atoms with Gasteiger partial charge in [0.15, 0.2) is 6.17 Å². The van der Waals surface area contributed by atoms with E-state index in [0.29, 0.717) is 0 Å². The molecule has 32 heavy (non-hydrogen) atoms. The van der Waals surface area contributed by atoms with Crippen LogP contribution in [0.3, 0.4) is 0 Å². The second kappa shape index (κ2) is 10.6. The van der Waals surface area contributed by atoms with E-state index in [9.17, 15) is 27.5 Å². The molecule has 15 heteroatoms. The van der Waals surface area contributed by atoms with E-state index in [1.165, 1.54) is 26.4 Å². The molecule has 13 nitrogen and oxygen atoms in total. The highest BCUT2D eigenvalue weighted by Crippen LogP contribution is 2.25. The summed E-state index contributed by atoms with van der Waals surface area (Å²) in [5.74, 6) is -1.04. The number of carbonyl (C=O) groups excluding carboxylic acids is 2. The summed E-state index contributed by atoms with van der Waals surface area (Å²) in [6.45, 7) is 0.218. The molecule has 2 rings (SSSR count). The van der Waals surface area contributed by atoms with E-state index < -0.39 is 51.5 Å². The van der Waals surface area contributed by atoms with Crippen molar-refractivity contribution in [3.8, 4) is 11.8 Å². The van der Waals surface area contributed by atoms with Gasteiger partial charge in [0.25, 0.3) is 10.0 Å². The summed E-state index contributed by atoms with van der Waals surface area (Å²) in [5.41, 5.74) is -0.591. The monoisotopic (exact) mass is 473 g/mol. The number of nitrogens with zero attached hydrogens (tertiary/aromatic N) is 3. The first-order valence-electron chi connectivity index (χ1n) is 8.78. The zero-order valence-electron chi connectivity index (χ0n) is 17.1. The molecule has 0 aliphatic rings. The van der Waals surface area contributed by atoms with Gasteiger partial charge in [-0.3, -0.25) is 15.1 Å². The number of nitrogens with one attached hydrogen (secondary N) is 2. The third kappa shape index (κ3) is 6.45. The van der Waals surface area contributed by atoms with Crippen LogP contribution in [-0.4, -0.2) is 67.5 Å². The molecule has 0 saturated heterocycles. The minimum Gasteiger partial charge on any atom is -0.481 e. The number of hydrogen-bond acceptors (Lipinski definition) is 11. The van der Waals surface area contributed by atoms with Crippen molar-refractivity contribution in [1.82, 2.24) is 19.7 Å². The molecule has 0 aromatic carbocycles. The maximum absolute atomic E-state index is 14.2. The highest BCUT2D eigenvalue weighted by Gasteiger charge is 2.31. The molecule has 2 atom stereocenters. The number of halogens is 1. The number of pyridine rings is 1. The number of amides is 2. The van der Waals surface area contributed by atoms with Crippen molar-refractivity contribution in [1.29, 1.82) is 0 Å². The number of alkyl halides is 1. The van der Waals surface area contributed by atoms with Crippen LogP contribution in [0.25, 0.3) is 0 Å². The van der Waals surface area contributed by atoms with E-state index in [-0.39, 0.29) is 17.7 Å². The van der Waals surface area contributed by atoms with Gasteiger partial charge in [0, 0.05) is 13.1 Å². The van der Waals surface area contributed by atoms with Crippen LogP contribution in [0, 0.1) is 0 Å². The molecule has 0 aliphatic heterocycles. The van der Waals surface area contributed by atoms with Gasteiger partial charge in [0.2, 0.25) is 17.7 Å². The third-order valence-corrected chi connectivity index (χ3v) is 5.09. The summed E-state index contributed by atoms with van der Waals surface area (Å²) < 4.78 is 55.6. The first kappa shape index (κ1) is 24.7. The molecule has 3 N–H and O–H groups in total. The first-order chi connectivity index (χ1) is 15.1. The van der Waals surface area contributed by atoms with Crippen molar-refractivity contribution in [3.63, 3.8) is 0 Å². The maximum atomic E-state index is 14.2. The topological polar surface area (TPSA) is 179 Å². The Morgan fingerprint density at radius 2 is 1.84 bits per heavy atom. The average molecular weight is 473 g/mol. The Labute approximate surface area is 182 Å². The van der Waals surface area contributed by atoms with Gasteiger partial charge >= 0.3 is 12.0 Å². The smallest absolute Gasteiger partial charge is 0.335 e. The second-order valence-electron chi connectivity index (χ2n) is 5.99. The van der Waals surface area contributed by atoms with E-state index in [1.54, 1.807) is 4.72 Å². The SMILES string of the molecule is COc1cc(OC)nc(NC(=O)NS(=O)(=O)c2cccnc2C(O)C(F)COC(C)=O)n1. The van der Waals surface area contributed by atoms with Gasteiger partial charge in [-0.25, -0.2) is 22.3 Å². The number of ether oxygens (including phenoxy) is 3. The summed E-state index contributed by atoms with van der Waals surface area (Å²) in [5, 5.41) is 12.3. The number of rotatable bonds is 9. The van der Waals surface area contributed by atoms with Crippen molar-refractivity contribution in [3.05, 3.63) is 30.1 Å². The number of anilines is 1. The number of aliphatic hydroxyl groups excluding tert-OH is 1. The molecule has 2 aromatic rings. The minimum atomic E-state index is -4.63. The Kier molecular flexibility index (Phi) is 8.20. The fraction of sp³-hybridized carbons (Fsp3) is 0.353. The third-order valence-electron chi connectivity index (χ3n) is 3.71. The lowest BCUT2D eigenvalue weighted by Gasteiger charge is -2.18. The predicted molar refractivity (Wildman–Crippen MR) is 105 cm³/mol. The number of carbonyl (C=O) groups is 2. The van der Waals surface area contributed by atoms with Crippen LogP contribution in [0.15, 0.2) is 29.3 Å². The molecule has 0 radical (unpaired) electrons. The highest BCUT2D eigenvalue weighted by molar-refractivity contribution is 7.90. The zero-order valence-corrected chi connectivity index (χ0v) is 17.9. The number of urea groups is 1. The number of aromatic nitrogens is 3. The average Bonchev–Trinajstić information content (AvgIpc) is 2.75. The van der Waals surface area contributed by atoms with Crippen molar-refractivity contribution >= 4 is 28.0 Å². The maximum Gasteiger partial charge on any atom is 0.335 e. The fourth-order valence-electron chi connectivity index (χ4n) is 2.28. The molecule has 0 bridgehead atoms. The Morgan fingerprint density at radius 3 is 2.41 bits per heavy atom. The van der Waals surface area contributed by atoms with Crippen LogP contribution in [0.1, 0.15) is 18.7 Å². The van der Waals surface area contributed by atoms with Crippen molar-refractivity contribution < 1.29 is 41.7 Å². The fourth-order valence-corrected chi connectivity index (χ4v) is 3.40. The molecule has 0 aliphatic carbocycles. The zero-order chi connectivity index (χ0) is 23.9. The predicted octanol–water partition coefficient (Wildman–Crippen LogP) is 0.334. The molecule has 2 unspecified atom stereocenters. The highest BCUT2D eigenvalue weighted by atomic mass is 32.2. The van der Waals surface area contributed by atoms with Gasteiger partial charge in [0.1, 0.15) is 17.6 Å². The Hall–Kier alpha value is -3.59. The molecule has 0 saturated carbocycles. The van der Waals surface area contributed by atoms with Gasteiger partial charge in [-0.2, -0.15) is 9.97 Å². The molecular weight excluding hydrogens is 453 g/mol. The van der Waals surface area contributed by atoms with Gasteiger partial charge in [-0.1, -0.05) is 0 Å². The minimum absolute atomic E-state index is 0.0365. The molecular formula is C17H20FN5O8S. The van der Waals surface area contributed by atoms with Crippen LogP contribution in [0.2, 0.25) is 0 Å².